The Morgan fingerprint density at radius 2 is 2.10 bits per heavy atom. The van der Waals surface area contributed by atoms with Crippen LogP contribution in [0.2, 0.25) is 0 Å². The van der Waals surface area contributed by atoms with Crippen molar-refractivity contribution in [3.8, 4) is 6.07 Å². The van der Waals surface area contributed by atoms with Gasteiger partial charge in [-0.2, -0.15) is 5.26 Å². The van der Waals surface area contributed by atoms with E-state index in [0.29, 0.717) is 35.4 Å². The average Bonchev–Trinajstić information content (AvgIpc) is 3.38. The Hall–Kier alpha value is -3.18. The maximum atomic E-state index is 12.3. The molecule has 7 nitrogen and oxygen atoms in total. The molecule has 156 valence electrons. The lowest BCUT2D eigenvalue weighted by molar-refractivity contribution is -0.111. The number of rotatable bonds is 6. The number of fused-ring (bicyclic) bond motifs is 1. The molecule has 0 radical (unpaired) electrons. The van der Waals surface area contributed by atoms with E-state index in [0.717, 1.165) is 36.4 Å². The third-order valence-electron chi connectivity index (χ3n) is 4.99. The van der Waals surface area contributed by atoms with Gasteiger partial charge in [0, 0.05) is 42.9 Å². The second-order valence-electron chi connectivity index (χ2n) is 7.12. The number of hydrogen-bond donors (Lipinski definition) is 1. The number of allylic oxidation sites excluding steroid dienone is 2. The second kappa shape index (κ2) is 10.0. The zero-order chi connectivity index (χ0) is 21.5. The number of aliphatic imine (C=N–C) groups is 1. The number of amides is 2. The minimum absolute atomic E-state index is 0.202. The summed E-state index contributed by atoms with van der Waals surface area (Å²) in [7, 11) is 0. The number of anilines is 1. The predicted molar refractivity (Wildman–Crippen MR) is 118 cm³/mol. The van der Waals surface area contributed by atoms with Crippen LogP contribution in [-0.4, -0.2) is 42.3 Å². The summed E-state index contributed by atoms with van der Waals surface area (Å²) in [4.78, 5) is 31.1. The van der Waals surface area contributed by atoms with E-state index in [1.54, 1.807) is 4.90 Å². The second-order valence-corrected chi connectivity index (χ2v) is 8.23. The molecule has 2 heterocycles. The number of carbonyl (C=O) groups excluding carboxylic acids is 2. The van der Waals surface area contributed by atoms with Crippen LogP contribution in [0.5, 0.6) is 0 Å². The lowest BCUT2D eigenvalue weighted by Gasteiger charge is -2.25. The van der Waals surface area contributed by atoms with E-state index < -0.39 is 0 Å². The number of likely N-dealkylation sites (tertiary alicyclic amines) is 1. The fraction of sp³-hybridized carbons (Fsp3) is 0.364. The Kier molecular flexibility index (Phi) is 7.20. The highest BCUT2D eigenvalue weighted by Gasteiger charge is 2.30. The van der Waals surface area contributed by atoms with Gasteiger partial charge in [0.05, 0.1) is 5.56 Å². The molecule has 1 aliphatic carbocycles. The molecule has 1 atom stereocenters. The van der Waals surface area contributed by atoms with Crippen LogP contribution in [0.15, 0.2) is 42.1 Å². The first kappa shape index (κ1) is 21.5. The van der Waals surface area contributed by atoms with E-state index in [9.17, 15) is 14.9 Å². The third kappa shape index (κ3) is 5.24. The van der Waals surface area contributed by atoms with Gasteiger partial charge in [-0.3, -0.25) is 9.79 Å². The smallest absolute Gasteiger partial charge is 0.410 e. The molecule has 1 aromatic heterocycles. The SMILES string of the molecule is C=CN=CC(=C)/C=C/C(=O)Nc1sc2c(c1C#N)CCC(OC(=O)N1CCCC1)C2. The number of nitrogens with zero attached hydrogens (tertiary/aromatic N) is 3. The van der Waals surface area contributed by atoms with Gasteiger partial charge in [-0.25, -0.2) is 4.79 Å². The molecule has 8 heteroatoms. The van der Waals surface area contributed by atoms with Crippen molar-refractivity contribution in [2.24, 2.45) is 4.99 Å². The van der Waals surface area contributed by atoms with Crippen LogP contribution >= 0.6 is 11.3 Å². The zero-order valence-corrected chi connectivity index (χ0v) is 17.5. The molecule has 2 amide bonds. The predicted octanol–water partition coefficient (Wildman–Crippen LogP) is 3.97. The van der Waals surface area contributed by atoms with Gasteiger partial charge in [-0.05, 0) is 42.9 Å². The molecule has 1 fully saturated rings. The number of nitriles is 1. The summed E-state index contributed by atoms with van der Waals surface area (Å²) in [6.45, 7) is 8.74. The van der Waals surface area contributed by atoms with E-state index >= 15 is 0 Å². The molecule has 1 unspecified atom stereocenters. The van der Waals surface area contributed by atoms with Crippen molar-refractivity contribution in [3.63, 3.8) is 0 Å². The monoisotopic (exact) mass is 424 g/mol. The molecule has 1 N–H and O–H groups in total. The van der Waals surface area contributed by atoms with E-state index in [-0.39, 0.29) is 18.1 Å². The number of hydrogen-bond acceptors (Lipinski definition) is 6. The summed E-state index contributed by atoms with van der Waals surface area (Å²) in [5.41, 5.74) is 1.99. The minimum atomic E-state index is -0.352. The third-order valence-corrected chi connectivity index (χ3v) is 6.16. The van der Waals surface area contributed by atoms with Gasteiger partial charge < -0.3 is 15.0 Å². The topological polar surface area (TPSA) is 94.8 Å². The first-order valence-corrected chi connectivity index (χ1v) is 10.7. The normalized spacial score (nSPS) is 18.2. The summed E-state index contributed by atoms with van der Waals surface area (Å²) in [6, 6.07) is 2.21. The molecule has 1 saturated heterocycles. The fourth-order valence-corrected chi connectivity index (χ4v) is 4.77. The Morgan fingerprint density at radius 3 is 2.80 bits per heavy atom. The zero-order valence-electron chi connectivity index (χ0n) is 16.7. The Labute approximate surface area is 180 Å². The Morgan fingerprint density at radius 1 is 1.33 bits per heavy atom. The van der Waals surface area contributed by atoms with Crippen molar-refractivity contribution in [1.29, 1.82) is 5.26 Å². The molecular weight excluding hydrogens is 400 g/mol. The molecule has 0 aromatic carbocycles. The molecular formula is C22H24N4O3S. The average molecular weight is 425 g/mol. The molecule has 0 spiro atoms. The van der Waals surface area contributed by atoms with E-state index in [1.807, 2.05) is 0 Å². The first-order valence-electron chi connectivity index (χ1n) is 9.84. The van der Waals surface area contributed by atoms with Crippen molar-refractivity contribution in [3.05, 3.63) is 53.1 Å². The molecule has 3 rings (SSSR count). The van der Waals surface area contributed by atoms with Gasteiger partial charge in [0.25, 0.3) is 0 Å². The number of ether oxygens (including phenoxy) is 1. The van der Waals surface area contributed by atoms with E-state index in [4.69, 9.17) is 4.74 Å². The van der Waals surface area contributed by atoms with Crippen LogP contribution in [0.1, 0.15) is 35.3 Å². The van der Waals surface area contributed by atoms with Crippen LogP contribution in [0, 0.1) is 11.3 Å². The molecule has 2 aliphatic rings. The van der Waals surface area contributed by atoms with Crippen LogP contribution in [0.3, 0.4) is 0 Å². The number of nitrogens with one attached hydrogen (secondary N) is 1. The maximum Gasteiger partial charge on any atom is 0.410 e. The Bertz CT molecular complexity index is 948. The largest absolute Gasteiger partial charge is 0.446 e. The molecule has 1 aliphatic heterocycles. The molecule has 1 aromatic rings. The van der Waals surface area contributed by atoms with Gasteiger partial charge in [-0.15, -0.1) is 11.3 Å². The van der Waals surface area contributed by atoms with Crippen LogP contribution in [0.25, 0.3) is 0 Å². The highest BCUT2D eigenvalue weighted by molar-refractivity contribution is 7.16. The van der Waals surface area contributed by atoms with E-state index in [2.05, 4.69) is 29.5 Å². The molecule has 30 heavy (non-hydrogen) atoms. The number of carbonyl (C=O) groups is 2. The highest BCUT2D eigenvalue weighted by atomic mass is 32.1. The lowest BCUT2D eigenvalue weighted by Crippen LogP contribution is -2.34. The van der Waals surface area contributed by atoms with Crippen molar-refractivity contribution >= 4 is 34.6 Å². The standard InChI is InChI=1S/C22H24N4O3S/c1-3-24-14-15(2)6-9-20(27)25-21-18(13-23)17-8-7-16(12-19(17)30-21)29-22(28)26-10-4-5-11-26/h3,6,9,14,16H,1-2,4-5,7-8,10-12H2,(H,25,27)/b9-6+,24-14?. The Balaban J connectivity index is 1.65. The van der Waals surface area contributed by atoms with E-state index in [1.165, 1.54) is 35.9 Å². The van der Waals surface area contributed by atoms with Crippen molar-refractivity contribution in [1.82, 2.24) is 4.90 Å². The minimum Gasteiger partial charge on any atom is -0.446 e. The molecule has 0 bridgehead atoms. The van der Waals surface area contributed by atoms with Crippen LogP contribution in [-0.2, 0) is 22.4 Å². The van der Waals surface area contributed by atoms with Crippen molar-refractivity contribution < 1.29 is 14.3 Å². The van der Waals surface area contributed by atoms with Gasteiger partial charge >= 0.3 is 6.09 Å². The number of thiophene rings is 1. The van der Waals surface area contributed by atoms with Crippen LogP contribution < -0.4 is 5.32 Å². The van der Waals surface area contributed by atoms with Gasteiger partial charge in [0.15, 0.2) is 0 Å². The van der Waals surface area contributed by atoms with Crippen molar-refractivity contribution in [2.75, 3.05) is 18.4 Å². The summed E-state index contributed by atoms with van der Waals surface area (Å²) in [5, 5.41) is 12.9. The summed E-state index contributed by atoms with van der Waals surface area (Å²) in [6.07, 6.45) is 9.22. The van der Waals surface area contributed by atoms with Gasteiger partial charge in [0.1, 0.15) is 17.2 Å². The lowest BCUT2D eigenvalue weighted by atomic mass is 9.94. The van der Waals surface area contributed by atoms with Gasteiger partial charge in [-0.1, -0.05) is 13.2 Å². The molecule has 0 saturated carbocycles. The first-order chi connectivity index (χ1) is 14.5. The van der Waals surface area contributed by atoms with Crippen molar-refractivity contribution in [2.45, 2.75) is 38.2 Å². The van der Waals surface area contributed by atoms with Crippen LogP contribution in [0.4, 0.5) is 9.80 Å². The maximum absolute atomic E-state index is 12.3. The fourth-order valence-electron chi connectivity index (χ4n) is 3.51. The summed E-state index contributed by atoms with van der Waals surface area (Å²) in [5.74, 6) is -0.352. The highest BCUT2D eigenvalue weighted by Crippen LogP contribution is 2.38. The summed E-state index contributed by atoms with van der Waals surface area (Å²) < 4.78 is 5.68. The summed E-state index contributed by atoms with van der Waals surface area (Å²) >= 11 is 1.37. The van der Waals surface area contributed by atoms with Gasteiger partial charge in [0.2, 0.25) is 5.91 Å². The quantitative estimate of drug-likeness (QED) is 0.425.